The van der Waals surface area contributed by atoms with E-state index in [1.807, 2.05) is 78.9 Å². The minimum absolute atomic E-state index is 0.271. The molecule has 4 aromatic rings. The van der Waals surface area contributed by atoms with Gasteiger partial charge >= 0.3 is 0 Å². The molecular weight excluding hydrogens is 378 g/mol. The van der Waals surface area contributed by atoms with Crippen LogP contribution in [0.1, 0.15) is 33.3 Å². The first-order chi connectivity index (χ1) is 14.7. The predicted octanol–water partition coefficient (Wildman–Crippen LogP) is 5.11. The Morgan fingerprint density at radius 1 is 0.900 bits per heavy atom. The highest BCUT2D eigenvalue weighted by atomic mass is 16.5. The van der Waals surface area contributed by atoms with Gasteiger partial charge in [0.25, 0.3) is 5.91 Å². The molecule has 0 aliphatic carbocycles. The SMILES string of the molecule is COCc1c(C(=O)NC(c2ccccc2)c2ccc(OC)cc2)oc2ccccc12. The van der Waals surface area contributed by atoms with Crippen molar-refractivity contribution >= 4 is 16.9 Å². The molecule has 5 heteroatoms. The van der Waals surface area contributed by atoms with Crippen molar-refractivity contribution in [1.82, 2.24) is 5.32 Å². The van der Waals surface area contributed by atoms with Crippen LogP contribution < -0.4 is 10.1 Å². The molecule has 0 saturated heterocycles. The van der Waals surface area contributed by atoms with Crippen LogP contribution in [0.25, 0.3) is 11.0 Å². The van der Waals surface area contributed by atoms with Gasteiger partial charge in [0.05, 0.1) is 19.8 Å². The molecule has 5 nitrogen and oxygen atoms in total. The topological polar surface area (TPSA) is 60.7 Å². The van der Waals surface area contributed by atoms with Crippen molar-refractivity contribution in [2.75, 3.05) is 14.2 Å². The van der Waals surface area contributed by atoms with Crippen LogP contribution in [0.15, 0.2) is 83.3 Å². The van der Waals surface area contributed by atoms with Gasteiger partial charge in [-0.1, -0.05) is 60.7 Å². The maximum absolute atomic E-state index is 13.3. The zero-order chi connectivity index (χ0) is 20.9. The number of carbonyl (C=O) groups excluding carboxylic acids is 1. The lowest BCUT2D eigenvalue weighted by Gasteiger charge is -2.20. The number of fused-ring (bicyclic) bond motifs is 1. The van der Waals surface area contributed by atoms with E-state index in [4.69, 9.17) is 13.9 Å². The molecule has 152 valence electrons. The number of amides is 1. The number of para-hydroxylation sites is 1. The number of benzene rings is 3. The number of ether oxygens (including phenoxy) is 2. The molecule has 4 rings (SSSR count). The number of nitrogens with one attached hydrogen (secondary N) is 1. The zero-order valence-electron chi connectivity index (χ0n) is 16.9. The molecule has 0 saturated carbocycles. The lowest BCUT2D eigenvalue weighted by Crippen LogP contribution is -2.29. The zero-order valence-corrected chi connectivity index (χ0v) is 16.9. The van der Waals surface area contributed by atoms with E-state index in [0.29, 0.717) is 5.58 Å². The summed E-state index contributed by atoms with van der Waals surface area (Å²) >= 11 is 0. The van der Waals surface area contributed by atoms with Crippen LogP contribution in [-0.4, -0.2) is 20.1 Å². The molecular formula is C25H23NO4. The van der Waals surface area contributed by atoms with Gasteiger partial charge in [0, 0.05) is 18.1 Å². The number of methoxy groups -OCH3 is 2. The van der Waals surface area contributed by atoms with Crippen LogP contribution in [0.3, 0.4) is 0 Å². The highest BCUT2D eigenvalue weighted by Crippen LogP contribution is 2.29. The van der Waals surface area contributed by atoms with E-state index >= 15 is 0 Å². The quantitative estimate of drug-likeness (QED) is 0.468. The van der Waals surface area contributed by atoms with E-state index in [-0.39, 0.29) is 24.3 Å². The molecule has 0 bridgehead atoms. The van der Waals surface area contributed by atoms with E-state index in [0.717, 1.165) is 27.8 Å². The molecule has 0 spiro atoms. The predicted molar refractivity (Wildman–Crippen MR) is 116 cm³/mol. The smallest absolute Gasteiger partial charge is 0.288 e. The van der Waals surface area contributed by atoms with Crippen LogP contribution >= 0.6 is 0 Å². The summed E-state index contributed by atoms with van der Waals surface area (Å²) in [6, 6.07) is 24.8. The molecule has 0 aliphatic rings. The van der Waals surface area contributed by atoms with Crippen molar-refractivity contribution in [3.63, 3.8) is 0 Å². The van der Waals surface area contributed by atoms with Gasteiger partial charge in [-0.05, 0) is 29.3 Å². The van der Waals surface area contributed by atoms with Crippen LogP contribution in [-0.2, 0) is 11.3 Å². The van der Waals surface area contributed by atoms with Crippen LogP contribution in [0, 0.1) is 0 Å². The molecule has 0 radical (unpaired) electrons. The average Bonchev–Trinajstić information content (AvgIpc) is 3.17. The third kappa shape index (κ3) is 3.93. The van der Waals surface area contributed by atoms with Gasteiger partial charge in [-0.2, -0.15) is 0 Å². The van der Waals surface area contributed by atoms with Gasteiger partial charge in [-0.15, -0.1) is 0 Å². The summed E-state index contributed by atoms with van der Waals surface area (Å²) in [6.07, 6.45) is 0. The van der Waals surface area contributed by atoms with Crippen molar-refractivity contribution in [2.45, 2.75) is 12.6 Å². The monoisotopic (exact) mass is 401 g/mol. The first kappa shape index (κ1) is 19.7. The van der Waals surface area contributed by atoms with E-state index in [1.165, 1.54) is 0 Å². The summed E-state index contributed by atoms with van der Waals surface area (Å²) in [4.78, 5) is 13.3. The molecule has 1 heterocycles. The highest BCUT2D eigenvalue weighted by Gasteiger charge is 2.24. The highest BCUT2D eigenvalue weighted by molar-refractivity contribution is 5.99. The molecule has 1 amide bonds. The number of furan rings is 1. The Hall–Kier alpha value is -3.57. The Bertz CT molecular complexity index is 1130. The Balaban J connectivity index is 1.72. The molecule has 1 atom stereocenters. The summed E-state index contributed by atoms with van der Waals surface area (Å²) < 4.78 is 16.5. The van der Waals surface area contributed by atoms with Crippen LogP contribution in [0.2, 0.25) is 0 Å². The molecule has 1 N–H and O–H groups in total. The molecule has 0 fully saturated rings. The summed E-state index contributed by atoms with van der Waals surface area (Å²) in [5.74, 6) is 0.743. The summed E-state index contributed by atoms with van der Waals surface area (Å²) in [6.45, 7) is 0.290. The fourth-order valence-corrected chi connectivity index (χ4v) is 3.57. The summed E-state index contributed by atoms with van der Waals surface area (Å²) in [5, 5.41) is 4.01. The second-order valence-electron chi connectivity index (χ2n) is 6.93. The standard InChI is InChI=1S/C25H23NO4/c1-28-16-21-20-10-6-7-11-22(20)30-24(21)25(27)26-23(17-8-4-3-5-9-17)18-12-14-19(29-2)15-13-18/h3-15,23H,16H2,1-2H3,(H,26,27). The normalized spacial score (nSPS) is 11.9. The van der Waals surface area contributed by atoms with Crippen molar-refractivity contribution in [3.05, 3.63) is 101 Å². The molecule has 30 heavy (non-hydrogen) atoms. The van der Waals surface area contributed by atoms with E-state index in [9.17, 15) is 4.79 Å². The fraction of sp³-hybridized carbons (Fsp3) is 0.160. The van der Waals surface area contributed by atoms with E-state index in [1.54, 1.807) is 14.2 Å². The molecule has 0 aliphatic heterocycles. The minimum atomic E-state index is -0.340. The third-order valence-corrected chi connectivity index (χ3v) is 5.05. The maximum Gasteiger partial charge on any atom is 0.288 e. The Kier molecular flexibility index (Phi) is 5.82. The minimum Gasteiger partial charge on any atom is -0.497 e. The van der Waals surface area contributed by atoms with Gasteiger partial charge < -0.3 is 19.2 Å². The largest absolute Gasteiger partial charge is 0.497 e. The van der Waals surface area contributed by atoms with Gasteiger partial charge in [-0.3, -0.25) is 4.79 Å². The van der Waals surface area contributed by atoms with Gasteiger partial charge in [0.2, 0.25) is 0 Å². The van der Waals surface area contributed by atoms with Crippen LogP contribution in [0.5, 0.6) is 5.75 Å². The third-order valence-electron chi connectivity index (χ3n) is 5.05. The van der Waals surface area contributed by atoms with Crippen molar-refractivity contribution in [2.24, 2.45) is 0 Å². The average molecular weight is 401 g/mol. The van der Waals surface area contributed by atoms with Crippen molar-refractivity contribution < 1.29 is 18.7 Å². The van der Waals surface area contributed by atoms with Gasteiger partial charge in [0.15, 0.2) is 5.76 Å². The van der Waals surface area contributed by atoms with E-state index in [2.05, 4.69) is 5.32 Å². The maximum atomic E-state index is 13.3. The molecule has 1 unspecified atom stereocenters. The number of hydrogen-bond acceptors (Lipinski definition) is 4. The van der Waals surface area contributed by atoms with Gasteiger partial charge in [0.1, 0.15) is 11.3 Å². The Morgan fingerprint density at radius 3 is 2.27 bits per heavy atom. The summed E-state index contributed by atoms with van der Waals surface area (Å²) in [5.41, 5.74) is 3.32. The number of rotatable bonds is 7. The van der Waals surface area contributed by atoms with E-state index < -0.39 is 0 Å². The Labute approximate surface area is 175 Å². The van der Waals surface area contributed by atoms with Crippen molar-refractivity contribution in [3.8, 4) is 5.75 Å². The number of hydrogen-bond donors (Lipinski definition) is 1. The Morgan fingerprint density at radius 2 is 1.57 bits per heavy atom. The number of carbonyl (C=O) groups is 1. The lowest BCUT2D eigenvalue weighted by atomic mass is 9.98. The summed E-state index contributed by atoms with van der Waals surface area (Å²) in [7, 11) is 3.23. The van der Waals surface area contributed by atoms with Gasteiger partial charge in [-0.25, -0.2) is 0 Å². The first-order valence-electron chi connectivity index (χ1n) is 9.70. The second kappa shape index (κ2) is 8.84. The first-order valence-corrected chi connectivity index (χ1v) is 9.70. The van der Waals surface area contributed by atoms with Crippen molar-refractivity contribution in [1.29, 1.82) is 0 Å². The fourth-order valence-electron chi connectivity index (χ4n) is 3.57. The second-order valence-corrected chi connectivity index (χ2v) is 6.93. The lowest BCUT2D eigenvalue weighted by molar-refractivity contribution is 0.0910. The van der Waals surface area contributed by atoms with Crippen LogP contribution in [0.4, 0.5) is 0 Å². The molecule has 1 aromatic heterocycles. The molecule has 3 aromatic carbocycles.